The summed E-state index contributed by atoms with van der Waals surface area (Å²) in [7, 11) is -4.62. The topological polar surface area (TPSA) is 161 Å². The van der Waals surface area contributed by atoms with Gasteiger partial charge in [0.05, 0.1) is 32.0 Å². The second-order valence-corrected chi connectivity index (χ2v) is 17.7. The van der Waals surface area contributed by atoms with E-state index in [1.807, 2.05) is 0 Å². The molecule has 0 aromatic carbocycles. The number of allylic oxidation sites excluding steroid dienone is 1. The Morgan fingerprint density at radius 3 is 1.79 bits per heavy atom. The Balaban J connectivity index is 2.22. The van der Waals surface area contributed by atoms with E-state index in [2.05, 4.69) is 32.9 Å². The largest absolute Gasteiger partial charge is 0.472 e. The minimum absolute atomic E-state index is 0.183. The van der Waals surface area contributed by atoms with Crippen LogP contribution in [-0.4, -0.2) is 77.9 Å². The Labute approximate surface area is 341 Å². The number of hydrogen-bond acceptors (Lipinski definition) is 10. The van der Waals surface area contributed by atoms with Crippen LogP contribution in [0.3, 0.4) is 0 Å². The molecule has 1 aliphatic rings. The lowest BCUT2D eigenvalue weighted by atomic mass is 10.0. The van der Waals surface area contributed by atoms with Crippen LogP contribution >= 0.6 is 7.82 Å². The molecule has 1 saturated heterocycles. The van der Waals surface area contributed by atoms with Gasteiger partial charge in [-0.1, -0.05) is 161 Å². The van der Waals surface area contributed by atoms with E-state index in [4.69, 9.17) is 28.4 Å². The number of hydrogen-bond donors (Lipinski definition) is 3. The molecular formula is C44H83O11P. The maximum absolute atomic E-state index is 12.6. The van der Waals surface area contributed by atoms with Crippen molar-refractivity contribution in [1.82, 2.24) is 0 Å². The van der Waals surface area contributed by atoms with Gasteiger partial charge in [0.15, 0.2) is 6.10 Å². The molecular weight excluding hydrogens is 735 g/mol. The molecule has 0 radical (unpaired) electrons. The van der Waals surface area contributed by atoms with Crippen LogP contribution < -0.4 is 0 Å². The number of phosphoric ester groups is 1. The molecule has 0 saturated carbocycles. The molecule has 0 aromatic rings. The van der Waals surface area contributed by atoms with Crippen LogP contribution in [0.2, 0.25) is 0 Å². The summed E-state index contributed by atoms with van der Waals surface area (Å²) in [6.07, 6.45) is 33.5. The van der Waals surface area contributed by atoms with Gasteiger partial charge >= 0.3 is 19.8 Å². The zero-order chi connectivity index (χ0) is 41.1. The first kappa shape index (κ1) is 52.7. The van der Waals surface area contributed by atoms with Gasteiger partial charge in [0, 0.05) is 12.8 Å². The standard InChI is InChI=1S/C44H83O11P/c1-4-5-24-30-41-42(55-41)31-26-21-17-14-15-18-22-27-32-43(47)51-36-40(37-53-56(49,50)52-35-39(46)34-45)54-44(48)33-28-23-19-13-11-9-7-6-8-10-12-16-20-25-29-38(2)3/h21,26,38-42,45-46H,4-20,22-25,27-37H2,1-3H3,(H,49,50)/b26-21-/t39-,40+,41?,42?/m0/s1. The first-order valence-corrected chi connectivity index (χ1v) is 24.1. The fourth-order valence-corrected chi connectivity index (χ4v) is 7.45. The molecule has 0 aromatic heterocycles. The molecule has 3 N–H and O–H groups in total. The summed E-state index contributed by atoms with van der Waals surface area (Å²) in [5.74, 6) is -0.118. The average molecular weight is 819 g/mol. The highest BCUT2D eigenvalue weighted by molar-refractivity contribution is 7.47. The first-order valence-electron chi connectivity index (χ1n) is 22.6. The van der Waals surface area contributed by atoms with E-state index in [1.165, 1.54) is 96.3 Å². The van der Waals surface area contributed by atoms with E-state index in [9.17, 15) is 24.2 Å². The fraction of sp³-hybridized carbons (Fsp3) is 0.909. The van der Waals surface area contributed by atoms with Crippen LogP contribution in [-0.2, 0) is 37.4 Å². The number of esters is 2. The maximum atomic E-state index is 12.6. The molecule has 12 heteroatoms. The highest BCUT2D eigenvalue weighted by atomic mass is 31.2. The summed E-state index contributed by atoms with van der Waals surface area (Å²) in [6.45, 7) is 4.69. The van der Waals surface area contributed by atoms with Gasteiger partial charge in [-0.2, -0.15) is 0 Å². The number of carbonyl (C=O) groups excluding carboxylic acids is 2. The summed E-state index contributed by atoms with van der Waals surface area (Å²) >= 11 is 0. The van der Waals surface area contributed by atoms with Crippen LogP contribution in [0.25, 0.3) is 0 Å². The molecule has 1 rings (SSSR count). The van der Waals surface area contributed by atoms with Crippen LogP contribution in [0.1, 0.15) is 201 Å². The SMILES string of the molecule is CCCCCC1OC1C/C=C\CCCCCCCC(=O)OC[C@H](COP(=O)(O)OC[C@@H](O)CO)OC(=O)CCCCCCCCCCCCCCCCC(C)C. The monoisotopic (exact) mass is 819 g/mol. The van der Waals surface area contributed by atoms with Gasteiger partial charge in [0.1, 0.15) is 12.7 Å². The molecule has 0 spiro atoms. The van der Waals surface area contributed by atoms with Gasteiger partial charge in [-0.05, 0) is 44.4 Å². The second kappa shape index (κ2) is 35.6. The molecule has 0 bridgehead atoms. The van der Waals surface area contributed by atoms with E-state index >= 15 is 0 Å². The number of ether oxygens (including phenoxy) is 3. The predicted molar refractivity (Wildman–Crippen MR) is 223 cm³/mol. The van der Waals surface area contributed by atoms with Crippen molar-refractivity contribution in [3.63, 3.8) is 0 Å². The van der Waals surface area contributed by atoms with Crippen LogP contribution in [0.5, 0.6) is 0 Å². The highest BCUT2D eigenvalue weighted by Gasteiger charge is 2.36. The van der Waals surface area contributed by atoms with Gasteiger partial charge in [-0.15, -0.1) is 0 Å². The predicted octanol–water partition coefficient (Wildman–Crippen LogP) is 10.9. The Kier molecular flexibility index (Phi) is 33.5. The zero-order valence-electron chi connectivity index (χ0n) is 35.7. The molecule has 11 nitrogen and oxygen atoms in total. The molecule has 1 heterocycles. The molecule has 1 aliphatic heterocycles. The minimum atomic E-state index is -4.62. The number of phosphoric acid groups is 1. The smallest absolute Gasteiger partial charge is 0.462 e. The quantitative estimate of drug-likeness (QED) is 0.0177. The number of rotatable bonds is 41. The van der Waals surface area contributed by atoms with Crippen molar-refractivity contribution in [1.29, 1.82) is 0 Å². The summed E-state index contributed by atoms with van der Waals surface area (Å²) in [5.41, 5.74) is 0. The van der Waals surface area contributed by atoms with Gasteiger partial charge < -0.3 is 29.3 Å². The second-order valence-electron chi connectivity index (χ2n) is 16.3. The Bertz CT molecular complexity index is 1020. The van der Waals surface area contributed by atoms with Crippen LogP contribution in [0.15, 0.2) is 12.2 Å². The Morgan fingerprint density at radius 2 is 1.21 bits per heavy atom. The van der Waals surface area contributed by atoms with Crippen molar-refractivity contribution < 1.29 is 52.5 Å². The molecule has 0 aliphatic carbocycles. The first-order chi connectivity index (χ1) is 27.1. The third-order valence-electron chi connectivity index (χ3n) is 10.3. The molecule has 330 valence electrons. The molecule has 0 amide bonds. The molecule has 1 fully saturated rings. The van der Waals surface area contributed by atoms with Gasteiger partial charge in [-0.3, -0.25) is 18.6 Å². The van der Waals surface area contributed by atoms with Gasteiger partial charge in [0.25, 0.3) is 0 Å². The normalized spacial score (nSPS) is 17.6. The van der Waals surface area contributed by atoms with Crippen molar-refractivity contribution in [3.05, 3.63) is 12.2 Å². The number of aliphatic hydroxyl groups is 2. The van der Waals surface area contributed by atoms with E-state index in [0.717, 1.165) is 63.7 Å². The summed E-state index contributed by atoms with van der Waals surface area (Å²) in [6, 6.07) is 0. The lowest BCUT2D eigenvalue weighted by Crippen LogP contribution is -2.29. The lowest BCUT2D eigenvalue weighted by Gasteiger charge is -2.20. The summed E-state index contributed by atoms with van der Waals surface area (Å²) < 4.78 is 38.5. The number of epoxide rings is 1. The molecule has 5 atom stereocenters. The highest BCUT2D eigenvalue weighted by Crippen LogP contribution is 2.43. The third-order valence-corrected chi connectivity index (χ3v) is 11.2. The van der Waals surface area contributed by atoms with Crippen LogP contribution in [0.4, 0.5) is 0 Å². The van der Waals surface area contributed by atoms with Crippen LogP contribution in [0, 0.1) is 5.92 Å². The van der Waals surface area contributed by atoms with Gasteiger partial charge in [-0.25, -0.2) is 4.57 Å². The van der Waals surface area contributed by atoms with E-state index < -0.39 is 51.8 Å². The van der Waals surface area contributed by atoms with Crippen molar-refractivity contribution in [3.8, 4) is 0 Å². The van der Waals surface area contributed by atoms with Crippen molar-refractivity contribution >= 4 is 19.8 Å². The fourth-order valence-electron chi connectivity index (χ4n) is 6.66. The maximum Gasteiger partial charge on any atom is 0.472 e. The summed E-state index contributed by atoms with van der Waals surface area (Å²) in [5, 5.41) is 18.3. The third kappa shape index (κ3) is 33.6. The number of unbranched alkanes of at least 4 members (excludes halogenated alkanes) is 20. The molecule has 3 unspecified atom stereocenters. The number of carbonyl (C=O) groups is 2. The zero-order valence-corrected chi connectivity index (χ0v) is 36.6. The van der Waals surface area contributed by atoms with E-state index in [0.29, 0.717) is 25.0 Å². The lowest BCUT2D eigenvalue weighted by molar-refractivity contribution is -0.161. The Hall–Kier alpha value is -1.33. The molecule has 56 heavy (non-hydrogen) atoms. The van der Waals surface area contributed by atoms with E-state index in [1.54, 1.807) is 0 Å². The van der Waals surface area contributed by atoms with Gasteiger partial charge in [0.2, 0.25) is 0 Å². The average Bonchev–Trinajstić information content (AvgIpc) is 3.93. The summed E-state index contributed by atoms with van der Waals surface area (Å²) in [4.78, 5) is 35.0. The minimum Gasteiger partial charge on any atom is -0.462 e. The Morgan fingerprint density at radius 1 is 0.679 bits per heavy atom. The number of aliphatic hydroxyl groups excluding tert-OH is 2. The van der Waals surface area contributed by atoms with E-state index in [-0.39, 0.29) is 19.4 Å². The van der Waals surface area contributed by atoms with Crippen molar-refractivity contribution in [2.75, 3.05) is 26.4 Å². The van der Waals surface area contributed by atoms with Crippen molar-refractivity contribution in [2.45, 2.75) is 225 Å². The van der Waals surface area contributed by atoms with Crippen molar-refractivity contribution in [2.24, 2.45) is 5.92 Å².